The van der Waals surface area contributed by atoms with Gasteiger partial charge in [-0.1, -0.05) is 37.4 Å². The van der Waals surface area contributed by atoms with Crippen LogP contribution in [0.2, 0.25) is 0 Å². The molecule has 0 bridgehead atoms. The van der Waals surface area contributed by atoms with Gasteiger partial charge in [-0.3, -0.25) is 0 Å². The Bertz CT molecular complexity index is 823. The standard InChI is InChI=1S/2C11H11N2S.Fe/c2*1-9(10-5-2-3-6-10)14-11-12-7-4-8-13-11;/h2*2-9H,1H3;/q2*-1;+2. The van der Waals surface area contributed by atoms with E-state index in [1.54, 1.807) is 48.3 Å². The van der Waals surface area contributed by atoms with Crippen molar-refractivity contribution in [2.75, 3.05) is 0 Å². The zero-order chi connectivity index (χ0) is 19.6. The summed E-state index contributed by atoms with van der Waals surface area (Å²) in [6, 6.07) is 20.4. The summed E-state index contributed by atoms with van der Waals surface area (Å²) < 4.78 is 0. The van der Waals surface area contributed by atoms with Crippen LogP contribution in [0, 0.1) is 0 Å². The van der Waals surface area contributed by atoms with Gasteiger partial charge in [-0.2, -0.15) is 35.4 Å². The van der Waals surface area contributed by atoms with Crippen molar-refractivity contribution in [1.82, 2.24) is 19.9 Å². The van der Waals surface area contributed by atoms with E-state index in [-0.39, 0.29) is 17.1 Å². The summed E-state index contributed by atoms with van der Waals surface area (Å²) in [6.07, 6.45) is 7.08. The third-order valence-electron chi connectivity index (χ3n) is 3.96. The zero-order valence-corrected chi connectivity index (χ0v) is 18.9. The van der Waals surface area contributed by atoms with Crippen LogP contribution < -0.4 is 0 Å². The largest absolute Gasteiger partial charge is 2.00 e. The maximum atomic E-state index is 4.18. The molecule has 2 atom stereocenters. The molecule has 0 amide bonds. The van der Waals surface area contributed by atoms with Gasteiger partial charge in [0.2, 0.25) is 0 Å². The normalized spacial score (nSPS) is 12.2. The molecule has 0 spiro atoms. The quantitative estimate of drug-likeness (QED) is 0.150. The molecule has 29 heavy (non-hydrogen) atoms. The summed E-state index contributed by atoms with van der Waals surface area (Å²) in [6.45, 7) is 4.33. The molecule has 2 unspecified atom stereocenters. The first-order chi connectivity index (χ1) is 13.7. The van der Waals surface area contributed by atoms with Gasteiger partial charge in [0, 0.05) is 35.3 Å². The van der Waals surface area contributed by atoms with E-state index in [1.165, 1.54) is 11.1 Å². The van der Waals surface area contributed by atoms with Gasteiger partial charge in [-0.15, -0.1) is 0 Å². The van der Waals surface area contributed by atoms with Crippen molar-refractivity contribution in [3.63, 3.8) is 0 Å². The fourth-order valence-corrected chi connectivity index (χ4v) is 4.17. The number of hydrogen-bond donors (Lipinski definition) is 0. The van der Waals surface area contributed by atoms with Crippen LogP contribution in [0.5, 0.6) is 0 Å². The number of thioether (sulfide) groups is 2. The van der Waals surface area contributed by atoms with Crippen LogP contribution in [0.4, 0.5) is 0 Å². The van der Waals surface area contributed by atoms with Gasteiger partial charge >= 0.3 is 17.1 Å². The van der Waals surface area contributed by atoms with Gasteiger partial charge in [0.1, 0.15) is 0 Å². The summed E-state index contributed by atoms with van der Waals surface area (Å²) in [5.41, 5.74) is 2.64. The minimum Gasteiger partial charge on any atom is -0.231 e. The van der Waals surface area contributed by atoms with Gasteiger partial charge in [-0.05, 0) is 12.1 Å². The molecular formula is C22H22FeN4S2. The minimum atomic E-state index is 0. The Kier molecular flexibility index (Phi) is 10.2. The summed E-state index contributed by atoms with van der Waals surface area (Å²) in [5.74, 6) is 0. The second-order valence-electron chi connectivity index (χ2n) is 6.02. The summed E-state index contributed by atoms with van der Waals surface area (Å²) in [7, 11) is 0. The van der Waals surface area contributed by atoms with Gasteiger partial charge in [0.25, 0.3) is 0 Å². The monoisotopic (exact) mass is 462 g/mol. The van der Waals surface area contributed by atoms with Crippen molar-refractivity contribution in [1.29, 1.82) is 0 Å². The van der Waals surface area contributed by atoms with Gasteiger partial charge < -0.3 is 0 Å². The first-order valence-corrected chi connectivity index (χ1v) is 10.8. The number of aromatic nitrogens is 4. The van der Waals surface area contributed by atoms with E-state index in [9.17, 15) is 0 Å². The molecule has 0 aliphatic heterocycles. The molecule has 0 N–H and O–H groups in total. The van der Waals surface area contributed by atoms with E-state index < -0.39 is 0 Å². The number of hydrogen-bond acceptors (Lipinski definition) is 6. The Morgan fingerprint density at radius 1 is 0.655 bits per heavy atom. The fourth-order valence-electron chi connectivity index (χ4n) is 2.46. The molecule has 4 aromatic rings. The van der Waals surface area contributed by atoms with Gasteiger partial charge in [0.15, 0.2) is 10.3 Å². The third kappa shape index (κ3) is 7.78. The van der Waals surface area contributed by atoms with Crippen molar-refractivity contribution in [3.05, 3.63) is 96.6 Å². The molecule has 2 aromatic heterocycles. The summed E-state index contributed by atoms with van der Waals surface area (Å²) in [4.78, 5) is 16.7. The third-order valence-corrected chi connectivity index (χ3v) is 6.06. The van der Waals surface area contributed by atoms with Crippen LogP contribution in [0.3, 0.4) is 0 Å². The first-order valence-electron chi connectivity index (χ1n) is 9.03. The number of nitrogens with zero attached hydrogens (tertiary/aromatic N) is 4. The van der Waals surface area contributed by atoms with E-state index >= 15 is 0 Å². The smallest absolute Gasteiger partial charge is 0.231 e. The van der Waals surface area contributed by atoms with Gasteiger partial charge in [-0.25, -0.2) is 44.2 Å². The van der Waals surface area contributed by atoms with Crippen molar-refractivity contribution in [2.24, 2.45) is 0 Å². The fraction of sp³-hybridized carbons (Fsp3) is 0.182. The Labute approximate surface area is 191 Å². The molecule has 4 nitrogen and oxygen atoms in total. The van der Waals surface area contributed by atoms with E-state index in [0.29, 0.717) is 10.5 Å². The van der Waals surface area contributed by atoms with Crippen LogP contribution in [0.1, 0.15) is 35.5 Å². The molecule has 7 heteroatoms. The maximum absolute atomic E-state index is 4.18. The molecule has 0 saturated heterocycles. The Morgan fingerprint density at radius 3 is 1.34 bits per heavy atom. The predicted octanol–water partition coefficient (Wildman–Crippen LogP) is 6.10. The second kappa shape index (κ2) is 12.6. The van der Waals surface area contributed by atoms with Crippen LogP contribution >= 0.6 is 23.5 Å². The van der Waals surface area contributed by atoms with Crippen molar-refractivity contribution >= 4 is 23.5 Å². The second-order valence-corrected chi connectivity index (χ2v) is 8.64. The molecule has 0 aliphatic rings. The Balaban J connectivity index is 0.000000200. The molecule has 4 rings (SSSR count). The SMILES string of the molecule is CC(Sc1ncccn1)c1ccc[cH-]1.CC(Sc1ncccn1)c1ccc[cH-]1.[Fe+2]. The van der Waals surface area contributed by atoms with Crippen molar-refractivity contribution < 1.29 is 17.1 Å². The Hall–Kier alpha value is -1.92. The van der Waals surface area contributed by atoms with Crippen LogP contribution in [0.25, 0.3) is 0 Å². The average Bonchev–Trinajstić information content (AvgIpc) is 3.44. The molecule has 2 aromatic carbocycles. The van der Waals surface area contributed by atoms with E-state index in [0.717, 1.165) is 10.3 Å². The van der Waals surface area contributed by atoms with Crippen LogP contribution in [0.15, 0.2) is 95.8 Å². The topological polar surface area (TPSA) is 51.6 Å². The molecule has 0 radical (unpaired) electrons. The molecule has 0 aliphatic carbocycles. The zero-order valence-electron chi connectivity index (χ0n) is 16.2. The molecular weight excluding hydrogens is 440 g/mol. The minimum absolute atomic E-state index is 0. The average molecular weight is 462 g/mol. The van der Waals surface area contributed by atoms with Crippen molar-refractivity contribution in [3.8, 4) is 0 Å². The van der Waals surface area contributed by atoms with E-state index in [1.807, 2.05) is 12.1 Å². The van der Waals surface area contributed by atoms with Gasteiger partial charge in [0.05, 0.1) is 0 Å². The van der Waals surface area contributed by atoms with E-state index in [2.05, 4.69) is 82.3 Å². The van der Waals surface area contributed by atoms with Crippen LogP contribution in [-0.2, 0) is 17.1 Å². The summed E-state index contributed by atoms with van der Waals surface area (Å²) in [5, 5.41) is 2.49. The molecule has 150 valence electrons. The molecule has 0 fully saturated rings. The van der Waals surface area contributed by atoms with E-state index in [4.69, 9.17) is 0 Å². The predicted molar refractivity (Wildman–Crippen MR) is 117 cm³/mol. The molecule has 0 saturated carbocycles. The van der Waals surface area contributed by atoms with Crippen LogP contribution in [-0.4, -0.2) is 19.9 Å². The maximum Gasteiger partial charge on any atom is 2.00 e. The summed E-state index contributed by atoms with van der Waals surface area (Å²) >= 11 is 3.36. The first kappa shape index (κ1) is 23.4. The Morgan fingerprint density at radius 2 is 1.03 bits per heavy atom. The number of rotatable bonds is 6. The van der Waals surface area contributed by atoms with Crippen molar-refractivity contribution in [2.45, 2.75) is 34.7 Å². The molecule has 2 heterocycles.